The molecule has 1 aromatic heterocycles. The third-order valence-corrected chi connectivity index (χ3v) is 5.90. The van der Waals surface area contributed by atoms with E-state index in [4.69, 9.17) is 30.3 Å². The molecule has 0 saturated heterocycles. The third-order valence-electron chi connectivity index (χ3n) is 4.25. The normalized spacial score (nSPS) is 12.5. The van der Waals surface area contributed by atoms with Crippen LogP contribution in [0, 0.1) is 0 Å². The summed E-state index contributed by atoms with van der Waals surface area (Å²) in [6.45, 7) is 0.314. The largest absolute Gasteiger partial charge is 0.497 e. The van der Waals surface area contributed by atoms with Crippen LogP contribution in [0.4, 0.5) is 5.69 Å². The summed E-state index contributed by atoms with van der Waals surface area (Å²) in [5.41, 5.74) is 1.36. The summed E-state index contributed by atoms with van der Waals surface area (Å²) in [6.07, 6.45) is 1.54. The molecule has 1 N–H and O–H groups in total. The summed E-state index contributed by atoms with van der Waals surface area (Å²) in [5.74, 6) is 1.67. The lowest BCUT2D eigenvalue weighted by molar-refractivity contribution is 0.297. The fraction of sp³-hybridized carbons (Fsp3) is 0.167. The molecule has 10 heteroatoms. The highest BCUT2D eigenvalue weighted by atomic mass is 35.5. The maximum absolute atomic E-state index is 13.0. The molecule has 0 amide bonds. The molecular formula is C18H15ClN2O6S. The zero-order valence-electron chi connectivity index (χ0n) is 14.9. The van der Waals surface area contributed by atoms with E-state index in [2.05, 4.69) is 9.88 Å². The maximum Gasteiger partial charge on any atom is 0.262 e. The third kappa shape index (κ3) is 3.12. The topological polar surface area (TPSA) is 99.9 Å². The number of fused-ring (bicyclic) bond motifs is 3. The first-order chi connectivity index (χ1) is 13.4. The molecule has 0 unspecified atom stereocenters. The molecule has 0 spiro atoms. The molecule has 0 fully saturated rings. The van der Waals surface area contributed by atoms with Gasteiger partial charge >= 0.3 is 0 Å². The Hall–Kier alpha value is -2.91. The first kappa shape index (κ1) is 18.5. The molecule has 2 aromatic carbocycles. The molecule has 0 radical (unpaired) electrons. The van der Waals surface area contributed by atoms with Gasteiger partial charge in [-0.3, -0.25) is 4.72 Å². The minimum absolute atomic E-state index is 0.00744. The monoisotopic (exact) mass is 422 g/mol. The fourth-order valence-corrected chi connectivity index (χ4v) is 4.27. The van der Waals surface area contributed by atoms with E-state index in [0.717, 1.165) is 5.56 Å². The Balaban J connectivity index is 1.74. The quantitative estimate of drug-likeness (QED) is 0.669. The number of methoxy groups -OCH3 is 2. The van der Waals surface area contributed by atoms with Crippen molar-refractivity contribution in [3.8, 4) is 28.6 Å². The second-order valence-corrected chi connectivity index (χ2v) is 8.01. The van der Waals surface area contributed by atoms with E-state index >= 15 is 0 Å². The van der Waals surface area contributed by atoms with Gasteiger partial charge in [-0.1, -0.05) is 16.8 Å². The SMILES string of the molecule is COc1cc(Cl)c(NS(=O)(=O)c2ccc3c(c2)-c2oncc2CO3)c(OC)c1. The molecule has 28 heavy (non-hydrogen) atoms. The van der Waals surface area contributed by atoms with E-state index in [9.17, 15) is 8.42 Å². The Labute approximate surface area is 166 Å². The summed E-state index contributed by atoms with van der Waals surface area (Å²) in [7, 11) is -1.10. The molecular weight excluding hydrogens is 408 g/mol. The molecule has 0 bridgehead atoms. The van der Waals surface area contributed by atoms with Crippen LogP contribution < -0.4 is 18.9 Å². The van der Waals surface area contributed by atoms with Gasteiger partial charge in [-0.25, -0.2) is 8.42 Å². The molecule has 2 heterocycles. The van der Waals surface area contributed by atoms with Crippen LogP contribution in [0.1, 0.15) is 5.56 Å². The minimum atomic E-state index is -3.98. The van der Waals surface area contributed by atoms with Gasteiger partial charge in [0.25, 0.3) is 10.0 Å². The van der Waals surface area contributed by atoms with Gasteiger partial charge in [0.05, 0.1) is 41.5 Å². The number of hydrogen-bond acceptors (Lipinski definition) is 7. The van der Waals surface area contributed by atoms with Gasteiger partial charge in [-0.05, 0) is 18.2 Å². The number of rotatable bonds is 5. The molecule has 3 aromatic rings. The Bertz CT molecular complexity index is 1160. The van der Waals surface area contributed by atoms with E-state index in [0.29, 0.717) is 29.4 Å². The van der Waals surface area contributed by atoms with Crippen molar-refractivity contribution in [1.29, 1.82) is 0 Å². The number of anilines is 1. The van der Waals surface area contributed by atoms with E-state index in [1.165, 1.54) is 38.5 Å². The van der Waals surface area contributed by atoms with Gasteiger partial charge in [0.2, 0.25) is 0 Å². The Morgan fingerprint density at radius 2 is 2.00 bits per heavy atom. The number of aromatic nitrogens is 1. The van der Waals surface area contributed by atoms with Crippen LogP contribution in [-0.4, -0.2) is 27.8 Å². The Kier molecular flexibility index (Phi) is 4.56. The van der Waals surface area contributed by atoms with Crippen molar-refractivity contribution >= 4 is 27.3 Å². The standard InChI is InChI=1S/C18H15ClN2O6S/c1-24-11-5-14(19)17(16(6-11)25-2)21-28(22,23)12-3-4-15-13(7-12)18-10(9-26-15)8-20-27-18/h3-8,21H,9H2,1-2H3. The van der Waals surface area contributed by atoms with Crippen molar-refractivity contribution in [2.24, 2.45) is 0 Å². The number of nitrogens with zero attached hydrogens (tertiary/aromatic N) is 1. The van der Waals surface area contributed by atoms with Gasteiger partial charge in [-0.2, -0.15) is 0 Å². The highest BCUT2D eigenvalue weighted by Crippen LogP contribution is 2.41. The van der Waals surface area contributed by atoms with Crippen molar-refractivity contribution in [1.82, 2.24) is 5.16 Å². The van der Waals surface area contributed by atoms with Crippen LogP contribution in [0.15, 0.2) is 45.9 Å². The average Bonchev–Trinajstić information content (AvgIpc) is 3.18. The molecule has 1 aliphatic rings. The number of ether oxygens (including phenoxy) is 3. The number of hydrogen-bond donors (Lipinski definition) is 1. The second-order valence-electron chi connectivity index (χ2n) is 5.92. The van der Waals surface area contributed by atoms with Crippen molar-refractivity contribution in [2.75, 3.05) is 18.9 Å². The Morgan fingerprint density at radius 3 is 2.75 bits per heavy atom. The fourth-order valence-electron chi connectivity index (χ4n) is 2.85. The highest BCUT2D eigenvalue weighted by Gasteiger charge is 2.26. The zero-order valence-corrected chi connectivity index (χ0v) is 16.4. The first-order valence-corrected chi connectivity index (χ1v) is 9.94. The summed E-state index contributed by atoms with van der Waals surface area (Å²) in [5, 5.41) is 3.88. The predicted molar refractivity (Wildman–Crippen MR) is 102 cm³/mol. The zero-order chi connectivity index (χ0) is 19.9. The molecule has 1 aliphatic heterocycles. The summed E-state index contributed by atoms with van der Waals surface area (Å²) >= 11 is 6.22. The summed E-state index contributed by atoms with van der Waals surface area (Å²) in [4.78, 5) is 0.00744. The van der Waals surface area contributed by atoms with Gasteiger partial charge in [-0.15, -0.1) is 0 Å². The van der Waals surface area contributed by atoms with Gasteiger partial charge in [0.15, 0.2) is 5.76 Å². The number of sulfonamides is 1. The van der Waals surface area contributed by atoms with Crippen LogP contribution >= 0.6 is 11.6 Å². The highest BCUT2D eigenvalue weighted by molar-refractivity contribution is 7.92. The molecule has 0 atom stereocenters. The van der Waals surface area contributed by atoms with E-state index in [-0.39, 0.29) is 21.4 Å². The number of benzene rings is 2. The van der Waals surface area contributed by atoms with Crippen LogP contribution in [0.5, 0.6) is 17.2 Å². The maximum atomic E-state index is 13.0. The van der Waals surface area contributed by atoms with Crippen LogP contribution in [0.25, 0.3) is 11.3 Å². The Morgan fingerprint density at radius 1 is 1.18 bits per heavy atom. The van der Waals surface area contributed by atoms with Crippen LogP contribution in [0.3, 0.4) is 0 Å². The second kappa shape index (κ2) is 6.92. The molecule has 146 valence electrons. The molecule has 0 saturated carbocycles. The summed E-state index contributed by atoms with van der Waals surface area (Å²) in [6, 6.07) is 7.49. The smallest absolute Gasteiger partial charge is 0.262 e. The van der Waals surface area contributed by atoms with Crippen molar-refractivity contribution in [3.05, 3.63) is 47.1 Å². The lowest BCUT2D eigenvalue weighted by atomic mass is 10.1. The lowest BCUT2D eigenvalue weighted by Gasteiger charge is -2.18. The number of halogens is 1. The van der Waals surface area contributed by atoms with Crippen LogP contribution in [-0.2, 0) is 16.6 Å². The molecule has 4 rings (SSSR count). The number of nitrogens with one attached hydrogen (secondary N) is 1. The van der Waals surface area contributed by atoms with Gasteiger partial charge in [0.1, 0.15) is 29.5 Å². The van der Waals surface area contributed by atoms with Crippen molar-refractivity contribution in [2.45, 2.75) is 11.5 Å². The van der Waals surface area contributed by atoms with E-state index in [1.54, 1.807) is 12.3 Å². The van der Waals surface area contributed by atoms with Gasteiger partial charge < -0.3 is 18.7 Å². The van der Waals surface area contributed by atoms with Gasteiger partial charge in [0, 0.05) is 12.1 Å². The molecule has 0 aliphatic carbocycles. The van der Waals surface area contributed by atoms with Crippen LogP contribution in [0.2, 0.25) is 5.02 Å². The van der Waals surface area contributed by atoms with Crippen molar-refractivity contribution in [3.63, 3.8) is 0 Å². The van der Waals surface area contributed by atoms with E-state index < -0.39 is 10.0 Å². The predicted octanol–water partition coefficient (Wildman–Crippen LogP) is 3.71. The lowest BCUT2D eigenvalue weighted by Crippen LogP contribution is -2.15. The average molecular weight is 423 g/mol. The van der Waals surface area contributed by atoms with Crippen molar-refractivity contribution < 1.29 is 27.2 Å². The minimum Gasteiger partial charge on any atom is -0.497 e. The molecule has 8 nitrogen and oxygen atoms in total. The summed E-state index contributed by atoms with van der Waals surface area (Å²) < 4.78 is 49.6. The van der Waals surface area contributed by atoms with E-state index in [1.807, 2.05) is 0 Å². The first-order valence-electron chi connectivity index (χ1n) is 8.08.